The second-order valence-electron chi connectivity index (χ2n) is 4.00. The molecule has 0 radical (unpaired) electrons. The first-order valence-corrected chi connectivity index (χ1v) is 5.44. The lowest BCUT2D eigenvalue weighted by atomic mass is 10.1. The van der Waals surface area contributed by atoms with Crippen LogP contribution in [0.15, 0.2) is 6.07 Å². The monoisotopic (exact) mass is 207 g/mol. The van der Waals surface area contributed by atoms with Crippen LogP contribution in [0, 0.1) is 13.8 Å². The van der Waals surface area contributed by atoms with Crippen molar-refractivity contribution in [1.29, 1.82) is 0 Å². The summed E-state index contributed by atoms with van der Waals surface area (Å²) in [4.78, 5) is 8.55. The molecule has 1 aromatic rings. The van der Waals surface area contributed by atoms with Gasteiger partial charge in [0, 0.05) is 11.4 Å². The standard InChI is InChI=1S/C11H17N3O/c1-8-7-9(2)14-11(13-8)15-10-3-5-12-6-4-10/h7,10,12H,3-6H2,1-2H3. The van der Waals surface area contributed by atoms with Gasteiger partial charge in [-0.2, -0.15) is 0 Å². The van der Waals surface area contributed by atoms with Crippen LogP contribution < -0.4 is 10.1 Å². The minimum absolute atomic E-state index is 0.271. The van der Waals surface area contributed by atoms with Crippen molar-refractivity contribution in [3.63, 3.8) is 0 Å². The van der Waals surface area contributed by atoms with E-state index >= 15 is 0 Å². The van der Waals surface area contributed by atoms with E-state index in [1.807, 2.05) is 19.9 Å². The smallest absolute Gasteiger partial charge is 0.317 e. The highest BCUT2D eigenvalue weighted by Crippen LogP contribution is 2.13. The van der Waals surface area contributed by atoms with Crippen LogP contribution in [0.5, 0.6) is 6.01 Å². The molecule has 0 amide bonds. The number of hydrogen-bond acceptors (Lipinski definition) is 4. The minimum atomic E-state index is 0.271. The molecule has 82 valence electrons. The summed E-state index contributed by atoms with van der Waals surface area (Å²) >= 11 is 0. The summed E-state index contributed by atoms with van der Waals surface area (Å²) in [5.41, 5.74) is 1.93. The molecule has 1 N–H and O–H groups in total. The van der Waals surface area contributed by atoms with Crippen molar-refractivity contribution in [3.05, 3.63) is 17.5 Å². The summed E-state index contributed by atoms with van der Waals surface area (Å²) in [5, 5.41) is 3.30. The van der Waals surface area contributed by atoms with Gasteiger partial charge in [0.25, 0.3) is 0 Å². The van der Waals surface area contributed by atoms with Gasteiger partial charge in [0.1, 0.15) is 6.10 Å². The largest absolute Gasteiger partial charge is 0.460 e. The summed E-state index contributed by atoms with van der Waals surface area (Å²) in [6.07, 6.45) is 2.35. The quantitative estimate of drug-likeness (QED) is 0.792. The molecule has 0 unspecified atom stereocenters. The van der Waals surface area contributed by atoms with Crippen LogP contribution in [-0.2, 0) is 0 Å². The molecule has 1 fully saturated rings. The van der Waals surface area contributed by atoms with Crippen LogP contribution in [0.4, 0.5) is 0 Å². The Labute approximate surface area is 90.1 Å². The van der Waals surface area contributed by atoms with Gasteiger partial charge in [-0.1, -0.05) is 0 Å². The summed E-state index contributed by atoms with van der Waals surface area (Å²) in [6, 6.07) is 2.48. The molecular weight excluding hydrogens is 190 g/mol. The third kappa shape index (κ3) is 2.89. The SMILES string of the molecule is Cc1cc(C)nc(OC2CCNCC2)n1. The second kappa shape index (κ2) is 4.57. The maximum Gasteiger partial charge on any atom is 0.317 e. The zero-order chi connectivity index (χ0) is 10.7. The maximum absolute atomic E-state index is 5.75. The van der Waals surface area contributed by atoms with E-state index in [1.54, 1.807) is 0 Å². The van der Waals surface area contributed by atoms with Gasteiger partial charge >= 0.3 is 6.01 Å². The predicted octanol–water partition coefficient (Wildman–Crippen LogP) is 1.22. The van der Waals surface area contributed by atoms with E-state index in [0.717, 1.165) is 37.3 Å². The van der Waals surface area contributed by atoms with Gasteiger partial charge in [-0.05, 0) is 45.8 Å². The zero-order valence-corrected chi connectivity index (χ0v) is 9.29. The molecule has 0 spiro atoms. The van der Waals surface area contributed by atoms with Gasteiger partial charge < -0.3 is 10.1 Å². The number of rotatable bonds is 2. The Bertz CT molecular complexity index is 314. The number of piperidine rings is 1. The number of aromatic nitrogens is 2. The van der Waals surface area contributed by atoms with Crippen LogP contribution in [0.25, 0.3) is 0 Å². The van der Waals surface area contributed by atoms with E-state index in [2.05, 4.69) is 15.3 Å². The third-order valence-corrected chi connectivity index (χ3v) is 2.52. The van der Waals surface area contributed by atoms with Crippen molar-refractivity contribution in [2.24, 2.45) is 0 Å². The van der Waals surface area contributed by atoms with Crippen LogP contribution in [0.2, 0.25) is 0 Å². The highest BCUT2D eigenvalue weighted by molar-refractivity contribution is 5.11. The lowest BCUT2D eigenvalue weighted by Gasteiger charge is -2.22. The summed E-state index contributed by atoms with van der Waals surface area (Å²) in [5.74, 6) is 0. The molecule has 0 aromatic carbocycles. The van der Waals surface area contributed by atoms with Gasteiger partial charge in [-0.15, -0.1) is 0 Å². The zero-order valence-electron chi connectivity index (χ0n) is 9.29. The van der Waals surface area contributed by atoms with E-state index < -0.39 is 0 Å². The molecule has 1 aromatic heterocycles. The average Bonchev–Trinajstić information content (AvgIpc) is 2.17. The molecule has 0 aliphatic carbocycles. The number of ether oxygens (including phenoxy) is 1. The Balaban J connectivity index is 2.02. The molecule has 1 aliphatic heterocycles. The Morgan fingerprint density at radius 1 is 1.20 bits per heavy atom. The Hall–Kier alpha value is -1.16. The van der Waals surface area contributed by atoms with Crippen molar-refractivity contribution in [1.82, 2.24) is 15.3 Å². The van der Waals surface area contributed by atoms with Gasteiger partial charge in [0.2, 0.25) is 0 Å². The highest BCUT2D eigenvalue weighted by Gasteiger charge is 2.15. The van der Waals surface area contributed by atoms with Crippen molar-refractivity contribution in [2.45, 2.75) is 32.8 Å². The van der Waals surface area contributed by atoms with Crippen molar-refractivity contribution in [2.75, 3.05) is 13.1 Å². The fourth-order valence-electron chi connectivity index (χ4n) is 1.81. The van der Waals surface area contributed by atoms with Crippen LogP contribution in [0.1, 0.15) is 24.2 Å². The molecule has 2 heterocycles. The molecule has 15 heavy (non-hydrogen) atoms. The van der Waals surface area contributed by atoms with Crippen molar-refractivity contribution in [3.8, 4) is 6.01 Å². The van der Waals surface area contributed by atoms with E-state index in [-0.39, 0.29) is 6.10 Å². The minimum Gasteiger partial charge on any atom is -0.460 e. The van der Waals surface area contributed by atoms with Crippen LogP contribution in [-0.4, -0.2) is 29.2 Å². The second-order valence-corrected chi connectivity index (χ2v) is 4.00. The number of nitrogens with zero attached hydrogens (tertiary/aromatic N) is 2. The fourth-order valence-corrected chi connectivity index (χ4v) is 1.81. The Kier molecular flexibility index (Phi) is 3.16. The maximum atomic E-state index is 5.75. The first kappa shape index (κ1) is 10.4. The lowest BCUT2D eigenvalue weighted by molar-refractivity contribution is 0.148. The number of aryl methyl sites for hydroxylation is 2. The molecular formula is C11H17N3O. The lowest BCUT2D eigenvalue weighted by Crippen LogP contribution is -2.34. The van der Waals surface area contributed by atoms with Crippen molar-refractivity contribution < 1.29 is 4.74 Å². The van der Waals surface area contributed by atoms with Gasteiger partial charge in [0.05, 0.1) is 0 Å². The summed E-state index contributed by atoms with van der Waals surface area (Å²) in [6.45, 7) is 5.97. The number of nitrogens with one attached hydrogen (secondary N) is 1. The predicted molar refractivity (Wildman–Crippen MR) is 58.0 cm³/mol. The molecule has 0 bridgehead atoms. The molecule has 4 heteroatoms. The van der Waals surface area contributed by atoms with E-state index in [1.165, 1.54) is 0 Å². The first-order chi connectivity index (χ1) is 7.24. The molecule has 0 saturated carbocycles. The third-order valence-electron chi connectivity index (χ3n) is 2.52. The van der Waals surface area contributed by atoms with Gasteiger partial charge in [-0.3, -0.25) is 0 Å². The molecule has 2 rings (SSSR count). The normalized spacial score (nSPS) is 17.7. The van der Waals surface area contributed by atoms with E-state index in [4.69, 9.17) is 4.74 Å². The first-order valence-electron chi connectivity index (χ1n) is 5.44. The molecule has 0 atom stereocenters. The highest BCUT2D eigenvalue weighted by atomic mass is 16.5. The topological polar surface area (TPSA) is 47.0 Å². The molecule has 1 aliphatic rings. The van der Waals surface area contributed by atoms with E-state index in [9.17, 15) is 0 Å². The molecule has 1 saturated heterocycles. The van der Waals surface area contributed by atoms with Crippen LogP contribution in [0.3, 0.4) is 0 Å². The van der Waals surface area contributed by atoms with E-state index in [0.29, 0.717) is 6.01 Å². The molecule has 4 nitrogen and oxygen atoms in total. The van der Waals surface area contributed by atoms with Crippen molar-refractivity contribution >= 4 is 0 Å². The van der Waals surface area contributed by atoms with Gasteiger partial charge in [0.15, 0.2) is 0 Å². The Morgan fingerprint density at radius 3 is 2.40 bits per heavy atom. The Morgan fingerprint density at radius 2 is 1.80 bits per heavy atom. The fraction of sp³-hybridized carbons (Fsp3) is 0.636. The summed E-state index contributed by atoms with van der Waals surface area (Å²) < 4.78 is 5.75. The number of hydrogen-bond donors (Lipinski definition) is 1. The van der Waals surface area contributed by atoms with Gasteiger partial charge in [-0.25, -0.2) is 9.97 Å². The van der Waals surface area contributed by atoms with Crippen LogP contribution >= 0.6 is 0 Å². The summed E-state index contributed by atoms with van der Waals surface area (Å²) in [7, 11) is 0. The average molecular weight is 207 g/mol.